The first-order valence-electron chi connectivity index (χ1n) is 10.5. The molecule has 0 radical (unpaired) electrons. The monoisotopic (exact) mass is 402 g/mol. The molecule has 0 fully saturated rings. The van der Waals surface area contributed by atoms with Crippen LogP contribution in [0.2, 0.25) is 0 Å². The number of aromatic nitrogens is 2. The first kappa shape index (κ1) is 20.0. The largest absolute Gasteiger partial charge is 0.372 e. The highest BCUT2D eigenvalue weighted by Crippen LogP contribution is 2.30. The molecule has 0 bridgehead atoms. The molecule has 154 valence electrons. The Balaban J connectivity index is 1.59. The van der Waals surface area contributed by atoms with Crippen molar-refractivity contribution >= 4 is 28.1 Å². The van der Waals surface area contributed by atoms with Crippen LogP contribution in [0.25, 0.3) is 22.2 Å². The van der Waals surface area contributed by atoms with Crippen molar-refractivity contribution in [2.24, 2.45) is 0 Å². The van der Waals surface area contributed by atoms with Crippen LogP contribution in [0.1, 0.15) is 26.7 Å². The van der Waals surface area contributed by atoms with Crippen LogP contribution in [0.3, 0.4) is 0 Å². The Morgan fingerprint density at radius 3 is 2.43 bits per heavy atom. The Kier molecular flexibility index (Phi) is 5.98. The van der Waals surface area contributed by atoms with Crippen molar-refractivity contribution in [3.63, 3.8) is 0 Å². The minimum Gasteiger partial charge on any atom is -0.372 e. The smallest absolute Gasteiger partial charge is 0.139 e. The van der Waals surface area contributed by atoms with Gasteiger partial charge in [0.1, 0.15) is 11.6 Å². The summed E-state index contributed by atoms with van der Waals surface area (Å²) in [6.07, 6.45) is 4.04. The molecule has 30 heavy (non-hydrogen) atoms. The van der Waals surface area contributed by atoms with Gasteiger partial charge >= 0.3 is 0 Å². The van der Waals surface area contributed by atoms with Crippen molar-refractivity contribution in [2.75, 3.05) is 23.3 Å². The van der Waals surface area contributed by atoms with Gasteiger partial charge in [-0.15, -0.1) is 0 Å². The molecule has 0 spiro atoms. The standard InChI is InChI=1S/C25H27FN4/c1-3-14-30(15-4-2)21-10-8-20(9-11-21)28-25-22-17-24(29-23(22)12-13-27-25)18-6-5-7-19(26)16-18/h5-13,16-17,29H,3-4,14-15H2,1-2H3,(H,27,28). The molecule has 4 nitrogen and oxygen atoms in total. The minimum absolute atomic E-state index is 0.247. The average Bonchev–Trinajstić information content (AvgIpc) is 3.20. The molecule has 2 heterocycles. The van der Waals surface area contributed by atoms with Gasteiger partial charge in [-0.1, -0.05) is 26.0 Å². The Morgan fingerprint density at radius 2 is 1.73 bits per heavy atom. The summed E-state index contributed by atoms with van der Waals surface area (Å²) in [4.78, 5) is 10.3. The molecule has 0 atom stereocenters. The third-order valence-corrected chi connectivity index (χ3v) is 5.17. The fraction of sp³-hybridized carbons (Fsp3) is 0.240. The third-order valence-electron chi connectivity index (χ3n) is 5.17. The van der Waals surface area contributed by atoms with E-state index in [1.807, 2.05) is 18.2 Å². The van der Waals surface area contributed by atoms with Gasteiger partial charge in [-0.25, -0.2) is 9.37 Å². The molecule has 0 aliphatic carbocycles. The second kappa shape index (κ2) is 8.99. The summed E-state index contributed by atoms with van der Waals surface area (Å²) < 4.78 is 13.6. The van der Waals surface area contributed by atoms with E-state index in [2.05, 4.69) is 58.3 Å². The zero-order chi connectivity index (χ0) is 20.9. The average molecular weight is 403 g/mol. The van der Waals surface area contributed by atoms with E-state index in [-0.39, 0.29) is 5.82 Å². The molecule has 0 saturated carbocycles. The van der Waals surface area contributed by atoms with Crippen LogP contribution in [0.4, 0.5) is 21.6 Å². The van der Waals surface area contributed by atoms with E-state index in [0.29, 0.717) is 0 Å². The number of hydrogen-bond acceptors (Lipinski definition) is 3. The van der Waals surface area contributed by atoms with E-state index >= 15 is 0 Å². The Bertz CT molecular complexity index is 1110. The molecular formula is C25H27FN4. The fourth-order valence-electron chi connectivity index (χ4n) is 3.77. The summed E-state index contributed by atoms with van der Waals surface area (Å²) in [6, 6.07) is 19.0. The number of nitrogens with one attached hydrogen (secondary N) is 2. The number of aromatic amines is 1. The van der Waals surface area contributed by atoms with Crippen LogP contribution < -0.4 is 10.2 Å². The van der Waals surface area contributed by atoms with Gasteiger partial charge in [-0.2, -0.15) is 0 Å². The van der Waals surface area contributed by atoms with Gasteiger partial charge in [0, 0.05) is 47.3 Å². The summed E-state index contributed by atoms with van der Waals surface area (Å²) in [7, 11) is 0. The lowest BCUT2D eigenvalue weighted by Crippen LogP contribution is -2.24. The van der Waals surface area contributed by atoms with Crippen molar-refractivity contribution in [1.29, 1.82) is 0 Å². The minimum atomic E-state index is -0.247. The highest BCUT2D eigenvalue weighted by molar-refractivity contribution is 5.95. The van der Waals surface area contributed by atoms with Crippen molar-refractivity contribution in [1.82, 2.24) is 9.97 Å². The lowest BCUT2D eigenvalue weighted by molar-refractivity contribution is 0.628. The van der Waals surface area contributed by atoms with E-state index in [1.54, 1.807) is 12.3 Å². The van der Waals surface area contributed by atoms with Crippen LogP contribution in [-0.4, -0.2) is 23.1 Å². The van der Waals surface area contributed by atoms with E-state index in [9.17, 15) is 4.39 Å². The summed E-state index contributed by atoms with van der Waals surface area (Å²) in [5, 5.41) is 4.40. The number of benzene rings is 2. The van der Waals surface area contributed by atoms with Gasteiger partial charge in [-0.05, 0) is 61.4 Å². The second-order valence-corrected chi connectivity index (χ2v) is 7.47. The maximum absolute atomic E-state index is 13.6. The van der Waals surface area contributed by atoms with Gasteiger partial charge in [0.05, 0.1) is 5.52 Å². The van der Waals surface area contributed by atoms with E-state index in [1.165, 1.54) is 17.8 Å². The molecule has 2 aromatic heterocycles. The Labute approximate surface area is 176 Å². The fourth-order valence-corrected chi connectivity index (χ4v) is 3.77. The number of anilines is 3. The predicted octanol–water partition coefficient (Wildman–Crippen LogP) is 6.74. The highest BCUT2D eigenvalue weighted by atomic mass is 19.1. The molecule has 4 aromatic rings. The number of rotatable bonds is 8. The lowest BCUT2D eigenvalue weighted by atomic mass is 10.1. The maximum atomic E-state index is 13.6. The van der Waals surface area contributed by atoms with E-state index < -0.39 is 0 Å². The molecular weight excluding hydrogens is 375 g/mol. The predicted molar refractivity (Wildman–Crippen MR) is 124 cm³/mol. The number of fused-ring (bicyclic) bond motifs is 1. The van der Waals surface area contributed by atoms with Gasteiger partial charge in [0.15, 0.2) is 0 Å². The van der Waals surface area contributed by atoms with Crippen molar-refractivity contribution in [3.8, 4) is 11.3 Å². The maximum Gasteiger partial charge on any atom is 0.139 e. The van der Waals surface area contributed by atoms with E-state index in [4.69, 9.17) is 0 Å². The first-order valence-corrected chi connectivity index (χ1v) is 10.5. The first-order chi connectivity index (χ1) is 14.7. The van der Waals surface area contributed by atoms with Crippen LogP contribution in [0.5, 0.6) is 0 Å². The topological polar surface area (TPSA) is 44.0 Å². The van der Waals surface area contributed by atoms with Gasteiger partial charge < -0.3 is 15.2 Å². The summed E-state index contributed by atoms with van der Waals surface area (Å²) in [5.74, 6) is 0.529. The molecule has 5 heteroatoms. The number of hydrogen-bond donors (Lipinski definition) is 2. The normalized spacial score (nSPS) is 11.0. The molecule has 0 aliphatic heterocycles. The molecule has 0 unspecified atom stereocenters. The molecule has 0 aliphatic rings. The Hall–Kier alpha value is -3.34. The van der Waals surface area contributed by atoms with Crippen LogP contribution in [0.15, 0.2) is 66.9 Å². The summed E-state index contributed by atoms with van der Waals surface area (Å²) in [5.41, 5.74) is 4.87. The van der Waals surface area contributed by atoms with Gasteiger partial charge in [-0.3, -0.25) is 0 Å². The summed E-state index contributed by atoms with van der Waals surface area (Å²) in [6.45, 7) is 6.54. The molecule has 2 N–H and O–H groups in total. The number of pyridine rings is 1. The molecule has 0 saturated heterocycles. The van der Waals surface area contributed by atoms with Crippen LogP contribution in [-0.2, 0) is 0 Å². The highest BCUT2D eigenvalue weighted by Gasteiger charge is 2.10. The number of nitrogens with zero attached hydrogens (tertiary/aromatic N) is 2. The van der Waals surface area contributed by atoms with Crippen molar-refractivity contribution < 1.29 is 4.39 Å². The van der Waals surface area contributed by atoms with E-state index in [0.717, 1.165) is 59.6 Å². The summed E-state index contributed by atoms with van der Waals surface area (Å²) >= 11 is 0. The van der Waals surface area contributed by atoms with Crippen LogP contribution in [0, 0.1) is 5.82 Å². The molecule has 2 aromatic carbocycles. The number of H-pyrrole nitrogens is 1. The molecule has 4 rings (SSSR count). The third kappa shape index (κ3) is 4.30. The second-order valence-electron chi connectivity index (χ2n) is 7.47. The van der Waals surface area contributed by atoms with Gasteiger partial charge in [0.2, 0.25) is 0 Å². The van der Waals surface area contributed by atoms with Gasteiger partial charge in [0.25, 0.3) is 0 Å². The quantitative estimate of drug-likeness (QED) is 0.343. The van der Waals surface area contributed by atoms with Crippen molar-refractivity contribution in [2.45, 2.75) is 26.7 Å². The van der Waals surface area contributed by atoms with Crippen molar-refractivity contribution in [3.05, 3.63) is 72.7 Å². The zero-order valence-corrected chi connectivity index (χ0v) is 17.5. The van der Waals surface area contributed by atoms with Crippen LogP contribution >= 0.6 is 0 Å². The Morgan fingerprint density at radius 1 is 0.967 bits per heavy atom. The zero-order valence-electron chi connectivity index (χ0n) is 17.5. The molecule has 0 amide bonds. The number of halogens is 1. The SMILES string of the molecule is CCCN(CCC)c1ccc(Nc2nccc3[nH]c(-c4cccc(F)c4)cc23)cc1. The lowest BCUT2D eigenvalue weighted by Gasteiger charge is -2.24.